The first-order chi connectivity index (χ1) is 4.21. The molecule has 0 aromatic carbocycles. The Kier molecular flexibility index (Phi) is 3.05. The van der Waals surface area contributed by atoms with Gasteiger partial charge in [-0.1, -0.05) is 20.8 Å². The van der Waals surface area contributed by atoms with E-state index in [4.69, 9.17) is 0 Å². The van der Waals surface area contributed by atoms with Crippen LogP contribution in [0.5, 0.6) is 0 Å². The highest BCUT2D eigenvalue weighted by Gasteiger charge is 2.18. The second-order valence-electron chi connectivity index (χ2n) is 3.58. The molecule has 10 heavy (non-hydrogen) atoms. The summed E-state index contributed by atoms with van der Waals surface area (Å²) in [7, 11) is -3.76. The minimum atomic E-state index is -3.76. The first-order valence-electron chi connectivity index (χ1n) is 3.12. The van der Waals surface area contributed by atoms with Gasteiger partial charge >= 0.3 is 7.68 Å². The quantitative estimate of drug-likeness (QED) is 0.592. The molecule has 0 aliphatic heterocycles. The molecule has 1 unspecified atom stereocenters. The molecule has 0 saturated heterocycles. The summed E-state index contributed by atoms with van der Waals surface area (Å²) >= 11 is 0. The molecule has 0 N–H and O–H groups in total. The van der Waals surface area contributed by atoms with Gasteiger partial charge in [-0.15, -0.1) is 0 Å². The molecule has 0 heterocycles. The largest absolute Gasteiger partial charge is 0.364 e. The molecule has 0 aliphatic carbocycles. The molecule has 0 saturated carbocycles. The molecule has 0 amide bonds. The van der Waals surface area contributed by atoms with Crippen molar-refractivity contribution in [3.05, 3.63) is 0 Å². The minimum Gasteiger partial charge on any atom is -0.305 e. The molecule has 0 aliphatic rings. The fourth-order valence-corrected chi connectivity index (χ4v) is 0.927. The van der Waals surface area contributed by atoms with Gasteiger partial charge in [-0.25, -0.2) is 0 Å². The second kappa shape index (κ2) is 3.02. The zero-order chi connectivity index (χ0) is 8.41. The van der Waals surface area contributed by atoms with Gasteiger partial charge in [0.15, 0.2) is 0 Å². The van der Waals surface area contributed by atoms with Crippen molar-refractivity contribution in [1.29, 1.82) is 0 Å². The first-order valence-corrected chi connectivity index (χ1v) is 5.09. The van der Waals surface area contributed by atoms with E-state index in [0.717, 1.165) is 6.66 Å². The Bertz CT molecular complexity index is 144. The van der Waals surface area contributed by atoms with Gasteiger partial charge in [-0.05, 0) is 5.41 Å². The smallest absolute Gasteiger partial charge is 0.305 e. The molecule has 0 fully saturated rings. The number of rotatable bonds is 2. The van der Waals surface area contributed by atoms with Crippen LogP contribution in [0.25, 0.3) is 0 Å². The molecule has 1 atom stereocenters. The Morgan fingerprint density at radius 1 is 1.50 bits per heavy atom. The topological polar surface area (TPSA) is 26.3 Å². The molecule has 0 radical (unpaired) electrons. The number of hydrogen-bond donors (Lipinski definition) is 0. The Labute approximate surface area is 61.3 Å². The van der Waals surface area contributed by atoms with Crippen LogP contribution in [0.3, 0.4) is 0 Å². The van der Waals surface area contributed by atoms with Crippen molar-refractivity contribution in [2.45, 2.75) is 20.8 Å². The monoisotopic (exact) mass is 168 g/mol. The summed E-state index contributed by atoms with van der Waals surface area (Å²) < 4.78 is 27.1. The van der Waals surface area contributed by atoms with Crippen molar-refractivity contribution < 1.29 is 13.3 Å². The lowest BCUT2D eigenvalue weighted by atomic mass is 9.99. The zero-order valence-corrected chi connectivity index (χ0v) is 7.74. The highest BCUT2D eigenvalue weighted by atomic mass is 31.2. The van der Waals surface area contributed by atoms with Gasteiger partial charge in [-0.3, -0.25) is 4.57 Å². The molecule has 4 heteroatoms. The molecular weight excluding hydrogens is 154 g/mol. The van der Waals surface area contributed by atoms with E-state index in [1.807, 2.05) is 20.8 Å². The summed E-state index contributed by atoms with van der Waals surface area (Å²) in [6, 6.07) is 0. The molecular formula is C6H14FO2P. The zero-order valence-electron chi connectivity index (χ0n) is 6.85. The highest BCUT2D eigenvalue weighted by Crippen LogP contribution is 2.45. The summed E-state index contributed by atoms with van der Waals surface area (Å²) in [4.78, 5) is 0. The van der Waals surface area contributed by atoms with E-state index in [1.165, 1.54) is 0 Å². The maximum Gasteiger partial charge on any atom is 0.364 e. The Balaban J connectivity index is 3.67. The van der Waals surface area contributed by atoms with E-state index in [2.05, 4.69) is 4.52 Å². The molecule has 0 rings (SSSR count). The second-order valence-corrected chi connectivity index (χ2v) is 5.33. The average Bonchev–Trinajstić information content (AvgIpc) is 1.57. The van der Waals surface area contributed by atoms with E-state index < -0.39 is 7.68 Å². The third kappa shape index (κ3) is 8.12. The van der Waals surface area contributed by atoms with Crippen LogP contribution >= 0.6 is 7.68 Å². The maximum absolute atomic E-state index is 12.3. The van der Waals surface area contributed by atoms with Gasteiger partial charge in [0.1, 0.15) is 0 Å². The van der Waals surface area contributed by atoms with E-state index >= 15 is 0 Å². The standard InChI is InChI=1S/C6H14FO2P/c1-6(2,3)5-9-10(4,7)8/h5H2,1-4H3. The molecule has 0 aromatic heterocycles. The van der Waals surface area contributed by atoms with Gasteiger partial charge in [0, 0.05) is 6.66 Å². The van der Waals surface area contributed by atoms with Crippen molar-refractivity contribution in [3.8, 4) is 0 Å². The lowest BCUT2D eigenvalue weighted by Crippen LogP contribution is -2.12. The van der Waals surface area contributed by atoms with Gasteiger partial charge < -0.3 is 4.52 Å². The van der Waals surface area contributed by atoms with Gasteiger partial charge in [0.25, 0.3) is 0 Å². The lowest BCUT2D eigenvalue weighted by molar-refractivity contribution is 0.189. The van der Waals surface area contributed by atoms with Crippen LogP contribution in [0.2, 0.25) is 0 Å². The molecule has 0 spiro atoms. The van der Waals surface area contributed by atoms with Crippen LogP contribution < -0.4 is 0 Å². The highest BCUT2D eigenvalue weighted by molar-refractivity contribution is 7.52. The number of hydrogen-bond acceptors (Lipinski definition) is 2. The van der Waals surface area contributed by atoms with E-state index in [9.17, 15) is 8.76 Å². The summed E-state index contributed by atoms with van der Waals surface area (Å²) in [5.74, 6) is 0. The summed E-state index contributed by atoms with van der Waals surface area (Å²) in [6.45, 7) is 6.84. The van der Waals surface area contributed by atoms with Crippen LogP contribution in [0, 0.1) is 5.41 Å². The van der Waals surface area contributed by atoms with Crippen molar-refractivity contribution in [2.75, 3.05) is 13.3 Å². The third-order valence-corrected chi connectivity index (χ3v) is 1.32. The van der Waals surface area contributed by atoms with Crippen LogP contribution in [0.4, 0.5) is 4.20 Å². The summed E-state index contributed by atoms with van der Waals surface area (Å²) in [6.07, 6.45) is 0. The Morgan fingerprint density at radius 2 is 1.90 bits per heavy atom. The molecule has 0 bridgehead atoms. The molecule has 2 nitrogen and oxygen atoms in total. The first kappa shape index (κ1) is 10.1. The third-order valence-electron chi connectivity index (χ3n) is 0.728. The van der Waals surface area contributed by atoms with Gasteiger partial charge in [-0.2, -0.15) is 4.20 Å². The van der Waals surface area contributed by atoms with Gasteiger partial charge in [0.2, 0.25) is 0 Å². The van der Waals surface area contributed by atoms with Gasteiger partial charge in [0.05, 0.1) is 6.61 Å². The van der Waals surface area contributed by atoms with E-state index in [1.54, 1.807) is 0 Å². The van der Waals surface area contributed by atoms with Crippen molar-refractivity contribution >= 4 is 7.68 Å². The van der Waals surface area contributed by atoms with E-state index in [0.29, 0.717) is 0 Å². The fourth-order valence-electron chi connectivity index (χ4n) is 0.309. The number of halogens is 1. The van der Waals surface area contributed by atoms with E-state index in [-0.39, 0.29) is 12.0 Å². The average molecular weight is 168 g/mol. The predicted molar refractivity (Wildman–Crippen MR) is 40.0 cm³/mol. The van der Waals surface area contributed by atoms with Crippen molar-refractivity contribution in [2.24, 2.45) is 5.41 Å². The normalized spacial score (nSPS) is 18.5. The Morgan fingerprint density at radius 3 is 2.00 bits per heavy atom. The minimum absolute atomic E-state index is 0.127. The summed E-state index contributed by atoms with van der Waals surface area (Å²) in [5, 5.41) is 0. The van der Waals surface area contributed by atoms with Crippen LogP contribution in [-0.4, -0.2) is 13.3 Å². The van der Waals surface area contributed by atoms with Crippen LogP contribution in [0.15, 0.2) is 0 Å². The van der Waals surface area contributed by atoms with Crippen LogP contribution in [0.1, 0.15) is 20.8 Å². The van der Waals surface area contributed by atoms with Crippen LogP contribution in [-0.2, 0) is 9.09 Å². The fraction of sp³-hybridized carbons (Fsp3) is 1.00. The SMILES string of the molecule is CC(C)(C)COP(C)(=O)F. The Hall–Kier alpha value is 0.120. The van der Waals surface area contributed by atoms with Crippen molar-refractivity contribution in [3.63, 3.8) is 0 Å². The summed E-state index contributed by atoms with van der Waals surface area (Å²) in [5.41, 5.74) is -0.127. The molecule has 62 valence electrons. The maximum atomic E-state index is 12.3. The predicted octanol–water partition coefficient (Wildman–Crippen LogP) is 2.84. The van der Waals surface area contributed by atoms with Crippen molar-refractivity contribution in [1.82, 2.24) is 0 Å². The lowest BCUT2D eigenvalue weighted by Gasteiger charge is -2.17. The molecule has 0 aromatic rings.